The number of nitrogens with zero attached hydrogens (tertiary/aromatic N) is 2. The molecule has 108 valence electrons. The van der Waals surface area contributed by atoms with E-state index in [1.807, 2.05) is 6.92 Å². The molecule has 2 saturated carbocycles. The first kappa shape index (κ1) is 21.5. The molecule has 2 atom stereocenters. The van der Waals surface area contributed by atoms with Crippen LogP contribution in [0.2, 0.25) is 0 Å². The molecule has 2 radical (unpaired) electrons. The maximum Gasteiger partial charge on any atom is 0 e. The Kier molecular flexibility index (Phi) is 13.0. The summed E-state index contributed by atoms with van der Waals surface area (Å²) in [6.45, 7) is 4.21. The van der Waals surface area contributed by atoms with Crippen LogP contribution < -0.4 is 0 Å². The van der Waals surface area contributed by atoms with Crippen LogP contribution in [-0.4, -0.2) is 24.5 Å². The molecule has 2 fully saturated rings. The summed E-state index contributed by atoms with van der Waals surface area (Å²) in [5.41, 5.74) is 0. The summed E-state index contributed by atoms with van der Waals surface area (Å²) < 4.78 is 0. The third kappa shape index (κ3) is 7.70. The Hall–Kier alpha value is 1.55. The molecule has 0 bridgehead atoms. The van der Waals surface area contributed by atoms with Crippen molar-refractivity contribution in [3.63, 3.8) is 0 Å². The second-order valence-corrected chi connectivity index (χ2v) is 5.65. The first-order valence-electron chi connectivity index (χ1n) is 7.26. The van der Waals surface area contributed by atoms with Gasteiger partial charge in [0, 0.05) is 65.4 Å². The molecule has 0 aliphatic heterocycles. The molecule has 0 N–H and O–H groups in total. The third-order valence-corrected chi connectivity index (χ3v) is 4.03. The Labute approximate surface area is 175 Å². The smallest absolute Gasteiger partial charge is 0 e. The standard InChI is InChI=1S/C16H24N2.2Y/c1-3-17-15-5-4-6-16(11-15)18-12-14-9-7-13(2)8-10-14;;/h5-6,13-16H,4,7-11H2,1-2H3;;/q-4;;. The summed E-state index contributed by atoms with van der Waals surface area (Å²) >= 11 is 0. The van der Waals surface area contributed by atoms with E-state index in [1.165, 1.54) is 25.7 Å². The van der Waals surface area contributed by atoms with E-state index in [0.717, 1.165) is 18.8 Å². The molecule has 0 aromatic rings. The minimum Gasteiger partial charge on any atom is -0.530 e. The summed E-state index contributed by atoms with van der Waals surface area (Å²) in [5, 5.41) is 0. The van der Waals surface area contributed by atoms with Gasteiger partial charge in [-0.1, -0.05) is 39.0 Å². The zero-order chi connectivity index (χ0) is 12.8. The monoisotopic (exact) mass is 422 g/mol. The fourth-order valence-electron chi connectivity index (χ4n) is 2.80. The number of hydrogen-bond donors (Lipinski definition) is 0. The van der Waals surface area contributed by atoms with Crippen molar-refractivity contribution in [2.45, 2.75) is 64.5 Å². The van der Waals surface area contributed by atoms with E-state index < -0.39 is 0 Å². The minimum atomic E-state index is 0. The van der Waals surface area contributed by atoms with Gasteiger partial charge in [-0.25, -0.2) is 0 Å². The van der Waals surface area contributed by atoms with E-state index in [4.69, 9.17) is 0 Å². The molecule has 4 heteroatoms. The molecule has 2 aliphatic rings. The second kappa shape index (κ2) is 12.0. The van der Waals surface area contributed by atoms with Crippen molar-refractivity contribution in [1.29, 1.82) is 0 Å². The van der Waals surface area contributed by atoms with Crippen LogP contribution in [0.15, 0.2) is 9.98 Å². The first-order chi connectivity index (χ1) is 8.78. The van der Waals surface area contributed by atoms with Crippen LogP contribution in [0.4, 0.5) is 0 Å². The van der Waals surface area contributed by atoms with Gasteiger partial charge in [0.1, 0.15) is 0 Å². The van der Waals surface area contributed by atoms with Crippen LogP contribution in [0.1, 0.15) is 52.4 Å². The van der Waals surface area contributed by atoms with Crippen molar-refractivity contribution >= 4 is 12.4 Å². The molecule has 0 heterocycles. The quantitative estimate of drug-likeness (QED) is 0.490. The van der Waals surface area contributed by atoms with Crippen molar-refractivity contribution in [2.75, 3.05) is 0 Å². The van der Waals surface area contributed by atoms with Crippen molar-refractivity contribution in [1.82, 2.24) is 0 Å². The largest absolute Gasteiger partial charge is 0.530 e. The molecule has 0 aromatic carbocycles. The van der Waals surface area contributed by atoms with Gasteiger partial charge >= 0.3 is 0 Å². The molecule has 0 spiro atoms. The summed E-state index contributed by atoms with van der Waals surface area (Å²) in [5.74, 6) is 1.50. The maximum atomic E-state index is 4.65. The van der Waals surface area contributed by atoms with Gasteiger partial charge in [0.15, 0.2) is 0 Å². The Morgan fingerprint density at radius 2 is 1.55 bits per heavy atom. The zero-order valence-electron chi connectivity index (χ0n) is 12.8. The molecule has 0 saturated heterocycles. The van der Waals surface area contributed by atoms with Crippen molar-refractivity contribution < 1.29 is 65.4 Å². The van der Waals surface area contributed by atoms with Crippen LogP contribution in [0.5, 0.6) is 0 Å². The van der Waals surface area contributed by atoms with Gasteiger partial charge in [0.25, 0.3) is 0 Å². The average molecular weight is 422 g/mol. The van der Waals surface area contributed by atoms with Gasteiger partial charge < -0.3 is 41.7 Å². The van der Waals surface area contributed by atoms with E-state index in [1.54, 1.807) is 0 Å². The third-order valence-electron chi connectivity index (χ3n) is 4.03. The first-order valence-corrected chi connectivity index (χ1v) is 7.26. The summed E-state index contributed by atoms with van der Waals surface area (Å²) in [4.78, 5) is 8.98. The summed E-state index contributed by atoms with van der Waals surface area (Å²) in [6, 6.07) is 0.623. The van der Waals surface area contributed by atoms with E-state index >= 15 is 0 Å². The van der Waals surface area contributed by atoms with Crippen molar-refractivity contribution in [3.8, 4) is 0 Å². The average Bonchev–Trinajstić information content (AvgIpc) is 2.39. The van der Waals surface area contributed by atoms with Crippen LogP contribution in [0.25, 0.3) is 0 Å². The van der Waals surface area contributed by atoms with Gasteiger partial charge in [0.2, 0.25) is 0 Å². The Bertz CT molecular complexity index is 297. The van der Waals surface area contributed by atoms with Crippen molar-refractivity contribution in [2.24, 2.45) is 21.8 Å². The van der Waals surface area contributed by atoms with Crippen LogP contribution in [0.3, 0.4) is 0 Å². The van der Waals surface area contributed by atoms with Crippen LogP contribution in [-0.2, 0) is 65.4 Å². The molecule has 0 aromatic heterocycles. The van der Waals surface area contributed by atoms with Gasteiger partial charge in [-0.2, -0.15) is 12.8 Å². The molecule has 20 heavy (non-hydrogen) atoms. The van der Waals surface area contributed by atoms with Gasteiger partial charge in [0.05, 0.1) is 0 Å². The Morgan fingerprint density at radius 3 is 2.15 bits per heavy atom. The Morgan fingerprint density at radius 1 is 0.950 bits per heavy atom. The predicted octanol–water partition coefficient (Wildman–Crippen LogP) is 3.66. The van der Waals surface area contributed by atoms with E-state index in [-0.39, 0.29) is 65.4 Å². The molecule has 2 rings (SSSR count). The minimum absolute atomic E-state index is 0. The Balaban J connectivity index is 0.00000180. The number of rotatable bonds is 3. The molecule has 2 nitrogen and oxygen atoms in total. The van der Waals surface area contributed by atoms with Crippen LogP contribution >= 0.6 is 0 Å². The summed E-state index contributed by atoms with van der Waals surface area (Å²) in [7, 11) is 0. The molecule has 2 aliphatic carbocycles. The topological polar surface area (TPSA) is 24.7 Å². The van der Waals surface area contributed by atoms with E-state index in [2.05, 4.69) is 42.2 Å². The molecule has 0 amide bonds. The predicted molar refractivity (Wildman–Crippen MR) is 77.1 cm³/mol. The van der Waals surface area contributed by atoms with Gasteiger partial charge in [-0.15, -0.1) is 12.1 Å². The fourth-order valence-corrected chi connectivity index (χ4v) is 2.80. The zero-order valence-corrected chi connectivity index (χ0v) is 18.4. The normalized spacial score (nSPS) is 34.7. The van der Waals surface area contributed by atoms with Gasteiger partial charge in [-0.05, 0) is 5.92 Å². The molecular formula is C16H24N2Y2-4. The van der Waals surface area contributed by atoms with Crippen molar-refractivity contribution in [3.05, 3.63) is 12.8 Å². The fraction of sp³-hybridized carbons (Fsp3) is 0.750. The molecule has 2 unspecified atom stereocenters. The van der Waals surface area contributed by atoms with E-state index in [9.17, 15) is 0 Å². The maximum absolute atomic E-state index is 4.65. The van der Waals surface area contributed by atoms with E-state index in [0.29, 0.717) is 18.0 Å². The van der Waals surface area contributed by atoms with Crippen LogP contribution in [0, 0.1) is 24.7 Å². The number of aliphatic imine (C=N–C) groups is 2. The SMILES string of the molecule is C[C-]=NC1[CH-]C[CH-]C(N=[C-]C2CCC(C)CC2)C1.[Y].[Y]. The molecular weight excluding hydrogens is 398 g/mol. The summed E-state index contributed by atoms with van der Waals surface area (Å²) in [6.07, 6.45) is 18.0. The second-order valence-electron chi connectivity index (χ2n) is 5.65. The van der Waals surface area contributed by atoms with Gasteiger partial charge in [-0.3, -0.25) is 0 Å². The number of hydrogen-bond acceptors (Lipinski definition) is 2.